The Morgan fingerprint density at radius 3 is 2.06 bits per heavy atom. The highest BCUT2D eigenvalue weighted by Gasteiger charge is 2.01. The smallest absolute Gasteiger partial charge is 0.150 e. The summed E-state index contributed by atoms with van der Waals surface area (Å²) < 4.78 is 0. The molecule has 3 aromatic rings. The molecule has 0 saturated carbocycles. The van der Waals surface area contributed by atoms with E-state index in [4.69, 9.17) is 0 Å². The van der Waals surface area contributed by atoms with Gasteiger partial charge in [-0.2, -0.15) is 0 Å². The van der Waals surface area contributed by atoms with Gasteiger partial charge >= 0.3 is 0 Å². The molecule has 76 valence electrons. The van der Waals surface area contributed by atoms with Crippen molar-refractivity contribution in [3.8, 4) is 0 Å². The summed E-state index contributed by atoms with van der Waals surface area (Å²) in [7, 11) is 0. The lowest BCUT2D eigenvalue weighted by molar-refractivity contribution is 0.112. The first-order valence-electron chi connectivity index (χ1n) is 5.25. The standard InChI is InChI=1S/C15H10O/c16-10-11-5-6-12-3-1-2-4-13-7-8-14(9-11)15(12)13/h1-10H. The van der Waals surface area contributed by atoms with Crippen molar-refractivity contribution in [2.24, 2.45) is 0 Å². The van der Waals surface area contributed by atoms with Gasteiger partial charge in [-0.1, -0.05) is 48.5 Å². The topological polar surface area (TPSA) is 17.1 Å². The number of aldehydes is 1. The third-order valence-electron chi connectivity index (χ3n) is 2.88. The number of carbonyl (C=O) groups excluding carboxylic acids is 1. The molecule has 0 aliphatic rings. The highest BCUT2D eigenvalue weighted by molar-refractivity contribution is 6.11. The van der Waals surface area contributed by atoms with Crippen LogP contribution < -0.4 is 0 Å². The first kappa shape index (κ1) is 9.10. The molecule has 0 atom stereocenters. The summed E-state index contributed by atoms with van der Waals surface area (Å²) >= 11 is 0. The van der Waals surface area contributed by atoms with Gasteiger partial charge in [-0.05, 0) is 27.6 Å². The van der Waals surface area contributed by atoms with E-state index in [0.717, 1.165) is 17.1 Å². The van der Waals surface area contributed by atoms with Crippen LogP contribution in [0.5, 0.6) is 0 Å². The van der Waals surface area contributed by atoms with Crippen LogP contribution in [0.15, 0.2) is 54.6 Å². The van der Waals surface area contributed by atoms with Crippen molar-refractivity contribution in [3.63, 3.8) is 0 Å². The van der Waals surface area contributed by atoms with E-state index in [2.05, 4.69) is 24.3 Å². The Kier molecular flexibility index (Phi) is 1.97. The van der Waals surface area contributed by atoms with Gasteiger partial charge in [-0.15, -0.1) is 0 Å². The van der Waals surface area contributed by atoms with Gasteiger partial charge in [0.15, 0.2) is 0 Å². The maximum atomic E-state index is 10.8. The summed E-state index contributed by atoms with van der Waals surface area (Å²) in [5.41, 5.74) is 0.714. The first-order chi connectivity index (χ1) is 7.88. The normalized spacial score (nSPS) is 10.8. The van der Waals surface area contributed by atoms with Gasteiger partial charge in [0.25, 0.3) is 0 Å². The molecule has 0 bridgehead atoms. The van der Waals surface area contributed by atoms with Crippen molar-refractivity contribution in [1.29, 1.82) is 0 Å². The second kappa shape index (κ2) is 3.46. The molecule has 0 aromatic heterocycles. The van der Waals surface area contributed by atoms with Crippen LogP contribution in [0.3, 0.4) is 0 Å². The van der Waals surface area contributed by atoms with Gasteiger partial charge in [-0.3, -0.25) is 4.79 Å². The lowest BCUT2D eigenvalue weighted by Crippen LogP contribution is -1.70. The van der Waals surface area contributed by atoms with E-state index in [1.54, 1.807) is 0 Å². The first-order valence-corrected chi connectivity index (χ1v) is 5.25. The van der Waals surface area contributed by atoms with Gasteiger partial charge < -0.3 is 0 Å². The summed E-state index contributed by atoms with van der Waals surface area (Å²) in [5.74, 6) is 0. The van der Waals surface area contributed by atoms with E-state index in [-0.39, 0.29) is 0 Å². The fourth-order valence-electron chi connectivity index (χ4n) is 2.13. The number of hydrogen-bond acceptors (Lipinski definition) is 1. The molecule has 1 nitrogen and oxygen atoms in total. The van der Waals surface area contributed by atoms with Crippen LogP contribution in [0.2, 0.25) is 0 Å². The third kappa shape index (κ3) is 1.29. The average molecular weight is 206 g/mol. The number of hydrogen-bond donors (Lipinski definition) is 0. The van der Waals surface area contributed by atoms with Crippen LogP contribution in [-0.4, -0.2) is 6.29 Å². The van der Waals surface area contributed by atoms with Crippen molar-refractivity contribution in [2.45, 2.75) is 0 Å². The zero-order valence-corrected chi connectivity index (χ0v) is 8.68. The van der Waals surface area contributed by atoms with Gasteiger partial charge in [0.1, 0.15) is 6.29 Å². The molecular formula is C15H10O. The lowest BCUT2D eigenvalue weighted by atomic mass is 10.2. The van der Waals surface area contributed by atoms with Crippen LogP contribution in [0.25, 0.3) is 21.5 Å². The van der Waals surface area contributed by atoms with E-state index in [1.807, 2.05) is 30.3 Å². The molecule has 3 aromatic carbocycles. The molecule has 0 heterocycles. The van der Waals surface area contributed by atoms with Crippen molar-refractivity contribution in [2.75, 3.05) is 0 Å². The summed E-state index contributed by atoms with van der Waals surface area (Å²) in [5, 5.41) is 4.71. The van der Waals surface area contributed by atoms with Crippen molar-refractivity contribution < 1.29 is 4.79 Å². The van der Waals surface area contributed by atoms with Crippen molar-refractivity contribution >= 4 is 27.8 Å². The molecular weight excluding hydrogens is 196 g/mol. The van der Waals surface area contributed by atoms with Crippen LogP contribution >= 0.6 is 0 Å². The quantitative estimate of drug-likeness (QED) is 0.553. The van der Waals surface area contributed by atoms with Gasteiger partial charge in [0.05, 0.1) is 0 Å². The van der Waals surface area contributed by atoms with Gasteiger partial charge in [-0.25, -0.2) is 0 Å². The molecule has 0 N–H and O–H groups in total. The highest BCUT2D eigenvalue weighted by atomic mass is 16.1. The zero-order valence-electron chi connectivity index (χ0n) is 8.68. The molecule has 0 unspecified atom stereocenters. The predicted octanol–water partition coefficient (Wildman–Crippen LogP) is 3.81. The van der Waals surface area contributed by atoms with Crippen LogP contribution in [-0.2, 0) is 0 Å². The predicted molar refractivity (Wildman–Crippen MR) is 66.8 cm³/mol. The SMILES string of the molecule is O=Cc1ccc2ccccc3ccc(c1)c23. The molecule has 0 spiro atoms. The minimum atomic E-state index is 0.714. The third-order valence-corrected chi connectivity index (χ3v) is 2.88. The van der Waals surface area contributed by atoms with Gasteiger partial charge in [0.2, 0.25) is 0 Å². The number of rotatable bonds is 1. The maximum Gasteiger partial charge on any atom is 0.150 e. The van der Waals surface area contributed by atoms with E-state index >= 15 is 0 Å². The Labute approximate surface area is 93.3 Å². The molecule has 0 radical (unpaired) electrons. The lowest BCUT2D eigenvalue weighted by Gasteiger charge is -1.85. The largest absolute Gasteiger partial charge is 0.298 e. The molecule has 0 saturated heterocycles. The maximum absolute atomic E-state index is 10.8. The Balaban J connectivity index is 2.63. The van der Waals surface area contributed by atoms with Crippen molar-refractivity contribution in [1.82, 2.24) is 0 Å². The minimum Gasteiger partial charge on any atom is -0.298 e. The fraction of sp³-hybridized carbons (Fsp3) is 0. The van der Waals surface area contributed by atoms with E-state index in [0.29, 0.717) is 5.56 Å². The summed E-state index contributed by atoms with van der Waals surface area (Å²) in [6.07, 6.45) is 0.890. The summed E-state index contributed by atoms with van der Waals surface area (Å²) in [6, 6.07) is 18.2. The monoisotopic (exact) mass is 206 g/mol. The molecule has 0 aliphatic heterocycles. The summed E-state index contributed by atoms with van der Waals surface area (Å²) in [4.78, 5) is 10.8. The Morgan fingerprint density at radius 1 is 0.750 bits per heavy atom. The Bertz CT molecular complexity index is 683. The van der Waals surface area contributed by atoms with E-state index in [9.17, 15) is 4.79 Å². The Hall–Kier alpha value is -2.15. The summed E-state index contributed by atoms with van der Waals surface area (Å²) in [6.45, 7) is 0. The Morgan fingerprint density at radius 2 is 1.38 bits per heavy atom. The second-order valence-corrected chi connectivity index (χ2v) is 3.89. The zero-order chi connectivity index (χ0) is 11.0. The van der Waals surface area contributed by atoms with Crippen LogP contribution in [0.4, 0.5) is 0 Å². The molecule has 0 aliphatic carbocycles. The second-order valence-electron chi connectivity index (χ2n) is 3.89. The molecule has 0 amide bonds. The number of carbonyl (C=O) groups is 1. The molecule has 1 heteroatoms. The van der Waals surface area contributed by atoms with Crippen LogP contribution in [0.1, 0.15) is 10.4 Å². The van der Waals surface area contributed by atoms with Crippen LogP contribution in [0, 0.1) is 0 Å². The molecule has 0 fully saturated rings. The molecule has 16 heavy (non-hydrogen) atoms. The van der Waals surface area contributed by atoms with E-state index in [1.165, 1.54) is 10.8 Å². The average Bonchev–Trinajstić information content (AvgIpc) is 2.50. The van der Waals surface area contributed by atoms with Crippen molar-refractivity contribution in [3.05, 3.63) is 60.2 Å². The van der Waals surface area contributed by atoms with E-state index < -0.39 is 0 Å². The minimum absolute atomic E-state index is 0.714. The van der Waals surface area contributed by atoms with Gasteiger partial charge in [0, 0.05) is 5.56 Å². The highest BCUT2D eigenvalue weighted by Crippen LogP contribution is 2.26. The fourth-order valence-corrected chi connectivity index (χ4v) is 2.13. The molecule has 3 rings (SSSR count).